The fourth-order valence-corrected chi connectivity index (χ4v) is 2.61. The van der Waals surface area contributed by atoms with E-state index in [0.717, 1.165) is 11.3 Å². The average Bonchev–Trinajstić information content (AvgIpc) is 2.72. The third kappa shape index (κ3) is 4.76. The number of rotatable bonds is 7. The van der Waals surface area contributed by atoms with Gasteiger partial charge in [-0.3, -0.25) is 4.79 Å². The number of pyridine rings is 1. The van der Waals surface area contributed by atoms with E-state index in [1.165, 1.54) is 0 Å². The lowest BCUT2D eigenvalue weighted by Crippen LogP contribution is -2.13. The summed E-state index contributed by atoms with van der Waals surface area (Å²) in [5.41, 5.74) is 2.18. The summed E-state index contributed by atoms with van der Waals surface area (Å²) in [4.78, 5) is 16.8. The zero-order valence-electron chi connectivity index (χ0n) is 15.2. The van der Waals surface area contributed by atoms with E-state index in [0.29, 0.717) is 29.4 Å². The van der Waals surface area contributed by atoms with Gasteiger partial charge in [0.15, 0.2) is 0 Å². The van der Waals surface area contributed by atoms with Crippen molar-refractivity contribution >= 4 is 17.4 Å². The molecule has 0 saturated heterocycles. The zero-order valence-corrected chi connectivity index (χ0v) is 15.2. The van der Waals surface area contributed by atoms with Crippen LogP contribution in [0.5, 0.6) is 11.5 Å². The molecular formula is C21H21N3O3. The van der Waals surface area contributed by atoms with Gasteiger partial charge >= 0.3 is 0 Å². The van der Waals surface area contributed by atoms with Crippen molar-refractivity contribution in [3.8, 4) is 11.5 Å². The molecule has 2 N–H and O–H groups in total. The molecule has 0 radical (unpaired) electrons. The lowest BCUT2D eigenvalue weighted by atomic mass is 10.2. The van der Waals surface area contributed by atoms with Crippen LogP contribution in [-0.2, 0) is 6.54 Å². The van der Waals surface area contributed by atoms with Crippen LogP contribution in [-0.4, -0.2) is 25.1 Å². The second kappa shape index (κ2) is 8.71. The van der Waals surface area contributed by atoms with Gasteiger partial charge in [0, 0.05) is 35.6 Å². The Morgan fingerprint density at radius 3 is 2.67 bits per heavy atom. The lowest BCUT2D eigenvalue weighted by molar-refractivity contribution is 0.102. The van der Waals surface area contributed by atoms with Crippen molar-refractivity contribution in [3.05, 3.63) is 78.0 Å². The number of methoxy groups -OCH3 is 2. The molecule has 0 aliphatic carbocycles. The molecule has 0 saturated carbocycles. The van der Waals surface area contributed by atoms with Crippen molar-refractivity contribution in [1.29, 1.82) is 0 Å². The zero-order chi connectivity index (χ0) is 19.1. The van der Waals surface area contributed by atoms with Crippen LogP contribution >= 0.6 is 0 Å². The molecule has 0 spiro atoms. The standard InChI is InChI=1S/C21H21N3O3/c1-26-18-8-5-7-17(13-18)24-21(25)15-10-11-22-20(12-15)23-14-16-6-3-4-9-19(16)27-2/h3-13H,14H2,1-2H3,(H,22,23)(H,24,25). The highest BCUT2D eigenvalue weighted by Gasteiger charge is 2.09. The maximum absolute atomic E-state index is 12.5. The molecule has 1 amide bonds. The topological polar surface area (TPSA) is 72.5 Å². The second-order valence-electron chi connectivity index (χ2n) is 5.78. The van der Waals surface area contributed by atoms with Crippen LogP contribution in [0.1, 0.15) is 15.9 Å². The van der Waals surface area contributed by atoms with E-state index in [1.54, 1.807) is 38.6 Å². The Bertz CT molecular complexity index is 928. The number of amides is 1. The second-order valence-corrected chi connectivity index (χ2v) is 5.78. The number of nitrogens with one attached hydrogen (secondary N) is 2. The SMILES string of the molecule is COc1cccc(NC(=O)c2ccnc(NCc3ccccc3OC)c2)c1. The molecule has 6 heteroatoms. The summed E-state index contributed by atoms with van der Waals surface area (Å²) in [7, 11) is 3.23. The number of carbonyl (C=O) groups is 1. The molecule has 0 atom stereocenters. The van der Waals surface area contributed by atoms with Crippen LogP contribution in [0.2, 0.25) is 0 Å². The maximum Gasteiger partial charge on any atom is 0.255 e. The minimum atomic E-state index is -0.217. The summed E-state index contributed by atoms with van der Waals surface area (Å²) in [5.74, 6) is 1.88. The number of ether oxygens (including phenoxy) is 2. The summed E-state index contributed by atoms with van der Waals surface area (Å²) < 4.78 is 10.5. The highest BCUT2D eigenvalue weighted by atomic mass is 16.5. The summed E-state index contributed by atoms with van der Waals surface area (Å²) in [6, 6.07) is 18.4. The van der Waals surface area contributed by atoms with Crippen LogP contribution in [0.4, 0.5) is 11.5 Å². The van der Waals surface area contributed by atoms with Crippen molar-refractivity contribution in [1.82, 2.24) is 4.98 Å². The van der Waals surface area contributed by atoms with Gasteiger partial charge in [-0.05, 0) is 30.3 Å². The van der Waals surface area contributed by atoms with Crippen LogP contribution in [0.3, 0.4) is 0 Å². The fourth-order valence-electron chi connectivity index (χ4n) is 2.61. The number of hydrogen-bond acceptors (Lipinski definition) is 5. The van der Waals surface area contributed by atoms with Crippen molar-refractivity contribution in [3.63, 3.8) is 0 Å². The lowest BCUT2D eigenvalue weighted by Gasteiger charge is -2.11. The van der Waals surface area contributed by atoms with Crippen LogP contribution in [0, 0.1) is 0 Å². The molecule has 3 aromatic rings. The van der Waals surface area contributed by atoms with Crippen molar-refractivity contribution in [2.75, 3.05) is 24.9 Å². The predicted molar refractivity (Wildman–Crippen MR) is 106 cm³/mol. The molecule has 0 unspecified atom stereocenters. The first-order chi connectivity index (χ1) is 13.2. The molecule has 3 rings (SSSR count). The van der Waals surface area contributed by atoms with Gasteiger partial charge < -0.3 is 20.1 Å². The fraction of sp³-hybridized carbons (Fsp3) is 0.143. The quantitative estimate of drug-likeness (QED) is 0.665. The molecule has 0 aliphatic rings. The number of hydrogen-bond donors (Lipinski definition) is 2. The maximum atomic E-state index is 12.5. The normalized spacial score (nSPS) is 10.1. The highest BCUT2D eigenvalue weighted by Crippen LogP contribution is 2.20. The summed E-state index contributed by atoms with van der Waals surface area (Å²) >= 11 is 0. The molecule has 0 aliphatic heterocycles. The number of benzene rings is 2. The van der Waals surface area contributed by atoms with Crippen molar-refractivity contribution in [2.24, 2.45) is 0 Å². The van der Waals surface area contributed by atoms with Gasteiger partial charge in [0.05, 0.1) is 14.2 Å². The molecule has 0 bridgehead atoms. The number of carbonyl (C=O) groups excluding carboxylic acids is 1. The first-order valence-corrected chi connectivity index (χ1v) is 8.47. The molecule has 1 aromatic heterocycles. The highest BCUT2D eigenvalue weighted by molar-refractivity contribution is 6.04. The molecular weight excluding hydrogens is 342 g/mol. The van der Waals surface area contributed by atoms with Gasteiger partial charge in [-0.2, -0.15) is 0 Å². The molecule has 138 valence electrons. The minimum absolute atomic E-state index is 0.217. The Labute approximate surface area is 158 Å². The Balaban J connectivity index is 1.68. The van der Waals surface area contributed by atoms with Gasteiger partial charge in [0.2, 0.25) is 0 Å². The van der Waals surface area contributed by atoms with Gasteiger partial charge in [0.25, 0.3) is 5.91 Å². The van der Waals surface area contributed by atoms with E-state index in [9.17, 15) is 4.79 Å². The minimum Gasteiger partial charge on any atom is -0.497 e. The number of para-hydroxylation sites is 1. The van der Waals surface area contributed by atoms with Gasteiger partial charge in [-0.15, -0.1) is 0 Å². The third-order valence-corrected chi connectivity index (χ3v) is 4.00. The molecule has 0 fully saturated rings. The first kappa shape index (κ1) is 18.3. The van der Waals surface area contributed by atoms with E-state index in [-0.39, 0.29) is 5.91 Å². The largest absolute Gasteiger partial charge is 0.497 e. The van der Waals surface area contributed by atoms with Crippen LogP contribution in [0.25, 0.3) is 0 Å². The van der Waals surface area contributed by atoms with E-state index in [2.05, 4.69) is 15.6 Å². The van der Waals surface area contributed by atoms with Crippen molar-refractivity contribution < 1.29 is 14.3 Å². The Morgan fingerprint density at radius 2 is 1.85 bits per heavy atom. The van der Waals surface area contributed by atoms with Crippen LogP contribution < -0.4 is 20.1 Å². The summed E-state index contributed by atoms with van der Waals surface area (Å²) in [6.45, 7) is 0.540. The Morgan fingerprint density at radius 1 is 1.00 bits per heavy atom. The van der Waals surface area contributed by atoms with E-state index < -0.39 is 0 Å². The van der Waals surface area contributed by atoms with E-state index in [4.69, 9.17) is 9.47 Å². The average molecular weight is 363 g/mol. The van der Waals surface area contributed by atoms with Crippen LogP contribution in [0.15, 0.2) is 66.9 Å². The van der Waals surface area contributed by atoms with E-state index >= 15 is 0 Å². The summed E-state index contributed by atoms with van der Waals surface area (Å²) in [6.07, 6.45) is 1.60. The molecule has 6 nitrogen and oxygen atoms in total. The smallest absolute Gasteiger partial charge is 0.255 e. The molecule has 1 heterocycles. The molecule has 2 aromatic carbocycles. The number of nitrogens with zero attached hydrogens (tertiary/aromatic N) is 1. The van der Waals surface area contributed by atoms with Crippen molar-refractivity contribution in [2.45, 2.75) is 6.54 Å². The molecule has 27 heavy (non-hydrogen) atoms. The number of aromatic nitrogens is 1. The Kier molecular flexibility index (Phi) is 5.89. The predicted octanol–water partition coefficient (Wildman–Crippen LogP) is 3.96. The first-order valence-electron chi connectivity index (χ1n) is 8.47. The third-order valence-electron chi connectivity index (χ3n) is 4.00. The van der Waals surface area contributed by atoms with E-state index in [1.807, 2.05) is 42.5 Å². The Hall–Kier alpha value is -3.54. The van der Waals surface area contributed by atoms with Gasteiger partial charge in [-0.1, -0.05) is 24.3 Å². The monoisotopic (exact) mass is 363 g/mol. The van der Waals surface area contributed by atoms with Gasteiger partial charge in [-0.25, -0.2) is 4.98 Å². The number of anilines is 2. The van der Waals surface area contributed by atoms with Gasteiger partial charge in [0.1, 0.15) is 17.3 Å². The summed E-state index contributed by atoms with van der Waals surface area (Å²) in [5, 5.41) is 6.08.